The van der Waals surface area contributed by atoms with Gasteiger partial charge in [0.05, 0.1) is 16.5 Å². The number of carbonyl (C=O) groups is 2. The molecule has 0 bridgehead atoms. The Kier molecular flexibility index (Phi) is 4.47. The van der Waals surface area contributed by atoms with Crippen LogP contribution in [0.3, 0.4) is 0 Å². The van der Waals surface area contributed by atoms with Crippen molar-refractivity contribution in [3.05, 3.63) is 99.1 Å². The van der Waals surface area contributed by atoms with Crippen molar-refractivity contribution in [2.75, 3.05) is 6.61 Å². The van der Waals surface area contributed by atoms with Crippen LogP contribution in [0.15, 0.2) is 65.5 Å². The Morgan fingerprint density at radius 2 is 1.76 bits per heavy atom. The lowest BCUT2D eigenvalue weighted by atomic mass is 10.0. The van der Waals surface area contributed by atoms with Crippen LogP contribution in [0.1, 0.15) is 44.1 Å². The quantitative estimate of drug-likeness (QED) is 0.315. The van der Waals surface area contributed by atoms with E-state index in [1.165, 1.54) is 11.1 Å². The number of aryl methyl sites for hydroxylation is 1. The Bertz CT molecular complexity index is 1530. The third kappa shape index (κ3) is 3.26. The molecule has 0 radical (unpaired) electrons. The molecule has 0 amide bonds. The summed E-state index contributed by atoms with van der Waals surface area (Å²) >= 11 is 0. The minimum atomic E-state index is -0.612. The summed E-state index contributed by atoms with van der Waals surface area (Å²) in [5.41, 5.74) is 5.82. The second-order valence-corrected chi connectivity index (χ2v) is 8.53. The van der Waals surface area contributed by atoms with Gasteiger partial charge in [-0.3, -0.25) is 14.2 Å². The molecule has 6 heteroatoms. The lowest BCUT2D eigenvalue weighted by Gasteiger charge is -2.08. The van der Waals surface area contributed by atoms with Crippen molar-refractivity contribution in [2.45, 2.75) is 25.8 Å². The SMILES string of the molecule is O=C(COC(=O)c1ccc2c(=O)n3c(nc2c1)CCC3)c1ccc2c(c1)-c1ccccc1C2. The first-order valence-electron chi connectivity index (χ1n) is 11.0. The van der Waals surface area contributed by atoms with Crippen LogP contribution in [0.5, 0.6) is 0 Å². The van der Waals surface area contributed by atoms with Gasteiger partial charge in [0.25, 0.3) is 5.56 Å². The number of aromatic nitrogens is 2. The first-order valence-corrected chi connectivity index (χ1v) is 11.0. The number of Topliss-reactive ketones (excluding diaryl/α,β-unsaturated/α-hetero) is 1. The van der Waals surface area contributed by atoms with Crippen LogP contribution < -0.4 is 5.56 Å². The van der Waals surface area contributed by atoms with E-state index < -0.39 is 5.97 Å². The highest BCUT2D eigenvalue weighted by Crippen LogP contribution is 2.36. The molecule has 6 nitrogen and oxygen atoms in total. The maximum Gasteiger partial charge on any atom is 0.338 e. The summed E-state index contributed by atoms with van der Waals surface area (Å²) in [4.78, 5) is 42.5. The van der Waals surface area contributed by atoms with Crippen LogP contribution in [0, 0.1) is 0 Å². The van der Waals surface area contributed by atoms with Gasteiger partial charge in [-0.25, -0.2) is 9.78 Å². The summed E-state index contributed by atoms with van der Waals surface area (Å²) in [6, 6.07) is 18.5. The largest absolute Gasteiger partial charge is 0.454 e. The smallest absolute Gasteiger partial charge is 0.338 e. The van der Waals surface area contributed by atoms with Gasteiger partial charge >= 0.3 is 5.97 Å². The van der Waals surface area contributed by atoms with Crippen molar-refractivity contribution in [1.29, 1.82) is 0 Å². The van der Waals surface area contributed by atoms with E-state index in [0.29, 0.717) is 23.0 Å². The predicted octanol–water partition coefficient (Wildman–Crippen LogP) is 3.95. The number of ketones is 1. The summed E-state index contributed by atoms with van der Waals surface area (Å²) in [6.07, 6.45) is 2.50. The Balaban J connectivity index is 1.20. The van der Waals surface area contributed by atoms with Crippen molar-refractivity contribution in [3.8, 4) is 11.1 Å². The molecule has 2 aliphatic rings. The number of hydrogen-bond acceptors (Lipinski definition) is 5. The molecule has 3 aromatic carbocycles. The average molecular weight is 436 g/mol. The van der Waals surface area contributed by atoms with E-state index in [4.69, 9.17) is 4.74 Å². The van der Waals surface area contributed by atoms with E-state index in [1.54, 1.807) is 28.8 Å². The third-order valence-electron chi connectivity index (χ3n) is 6.51. The van der Waals surface area contributed by atoms with Crippen LogP contribution >= 0.6 is 0 Å². The van der Waals surface area contributed by atoms with E-state index in [0.717, 1.165) is 36.2 Å². The van der Waals surface area contributed by atoms with Gasteiger partial charge in [-0.2, -0.15) is 0 Å². The average Bonchev–Trinajstić information content (AvgIpc) is 3.46. The lowest BCUT2D eigenvalue weighted by Crippen LogP contribution is -2.21. The minimum absolute atomic E-state index is 0.0826. The van der Waals surface area contributed by atoms with E-state index in [-0.39, 0.29) is 23.5 Å². The Labute approximate surface area is 189 Å². The molecule has 0 spiro atoms. The minimum Gasteiger partial charge on any atom is -0.454 e. The zero-order valence-corrected chi connectivity index (χ0v) is 17.8. The molecule has 1 aromatic heterocycles. The topological polar surface area (TPSA) is 78.3 Å². The Morgan fingerprint density at radius 1 is 0.939 bits per heavy atom. The van der Waals surface area contributed by atoms with E-state index in [1.807, 2.05) is 24.3 Å². The van der Waals surface area contributed by atoms with Gasteiger partial charge in [0.2, 0.25) is 0 Å². The van der Waals surface area contributed by atoms with Crippen LogP contribution in [0.4, 0.5) is 0 Å². The molecule has 0 saturated carbocycles. The fourth-order valence-corrected chi connectivity index (χ4v) is 4.81. The highest BCUT2D eigenvalue weighted by atomic mass is 16.5. The van der Waals surface area contributed by atoms with E-state index in [2.05, 4.69) is 17.1 Å². The maximum absolute atomic E-state index is 12.7. The van der Waals surface area contributed by atoms with Gasteiger partial charge in [-0.05, 0) is 59.4 Å². The van der Waals surface area contributed by atoms with Crippen molar-refractivity contribution >= 4 is 22.7 Å². The normalized spacial score (nSPS) is 13.5. The van der Waals surface area contributed by atoms with Gasteiger partial charge in [0.15, 0.2) is 12.4 Å². The molecule has 0 fully saturated rings. The first kappa shape index (κ1) is 19.6. The van der Waals surface area contributed by atoms with E-state index in [9.17, 15) is 14.4 Å². The van der Waals surface area contributed by atoms with Gasteiger partial charge in [-0.1, -0.05) is 36.4 Å². The molecule has 162 valence electrons. The number of ether oxygens (including phenoxy) is 1. The van der Waals surface area contributed by atoms with Crippen molar-refractivity contribution in [2.24, 2.45) is 0 Å². The second kappa shape index (κ2) is 7.52. The van der Waals surface area contributed by atoms with Crippen molar-refractivity contribution < 1.29 is 14.3 Å². The number of esters is 1. The number of carbonyl (C=O) groups excluding carboxylic acids is 2. The summed E-state index contributed by atoms with van der Waals surface area (Å²) < 4.78 is 6.99. The number of benzene rings is 3. The summed E-state index contributed by atoms with van der Waals surface area (Å²) in [7, 11) is 0. The monoisotopic (exact) mass is 436 g/mol. The molecule has 0 saturated heterocycles. The lowest BCUT2D eigenvalue weighted by molar-refractivity contribution is 0.0475. The fraction of sp³-hybridized carbons (Fsp3) is 0.185. The maximum atomic E-state index is 12.7. The fourth-order valence-electron chi connectivity index (χ4n) is 4.81. The van der Waals surface area contributed by atoms with Gasteiger partial charge < -0.3 is 4.74 Å². The molecular formula is C27H20N2O4. The van der Waals surface area contributed by atoms with Gasteiger partial charge in [0, 0.05) is 18.5 Å². The van der Waals surface area contributed by atoms with Crippen molar-refractivity contribution in [1.82, 2.24) is 9.55 Å². The highest BCUT2D eigenvalue weighted by molar-refractivity contribution is 6.01. The van der Waals surface area contributed by atoms with Crippen LogP contribution in [0.2, 0.25) is 0 Å². The standard InChI is InChI=1S/C27H20N2O4/c30-24(18-8-7-17-12-16-4-1-2-5-20(16)22(17)13-18)15-33-27(32)19-9-10-21-23(14-19)28-25-6-3-11-29(25)26(21)31/h1-2,4-5,7-10,13-14H,3,6,11-12,15H2. The van der Waals surface area contributed by atoms with Crippen molar-refractivity contribution in [3.63, 3.8) is 0 Å². The summed E-state index contributed by atoms with van der Waals surface area (Å²) in [5, 5.41) is 0.478. The molecule has 4 aromatic rings. The van der Waals surface area contributed by atoms with Crippen LogP contribution in [-0.4, -0.2) is 27.9 Å². The predicted molar refractivity (Wildman–Crippen MR) is 124 cm³/mol. The second-order valence-electron chi connectivity index (χ2n) is 8.53. The van der Waals surface area contributed by atoms with Gasteiger partial charge in [-0.15, -0.1) is 0 Å². The molecule has 0 N–H and O–H groups in total. The molecule has 1 aliphatic heterocycles. The molecule has 1 aliphatic carbocycles. The van der Waals surface area contributed by atoms with E-state index >= 15 is 0 Å². The first-order chi connectivity index (χ1) is 16.1. The molecule has 0 unspecified atom stereocenters. The Hall–Kier alpha value is -4.06. The molecule has 2 heterocycles. The number of rotatable bonds is 4. The molecule has 0 atom stereocenters. The van der Waals surface area contributed by atoms with Crippen LogP contribution in [0.25, 0.3) is 22.0 Å². The molecule has 33 heavy (non-hydrogen) atoms. The zero-order valence-electron chi connectivity index (χ0n) is 17.8. The number of hydrogen-bond donors (Lipinski definition) is 0. The third-order valence-corrected chi connectivity index (χ3v) is 6.51. The molecular weight excluding hydrogens is 416 g/mol. The molecule has 6 rings (SSSR count). The number of fused-ring (bicyclic) bond motifs is 5. The van der Waals surface area contributed by atoms with Gasteiger partial charge in [0.1, 0.15) is 5.82 Å². The zero-order chi connectivity index (χ0) is 22.5. The highest BCUT2D eigenvalue weighted by Gasteiger charge is 2.21. The summed E-state index contributed by atoms with van der Waals surface area (Å²) in [5.74, 6) is -0.129. The summed E-state index contributed by atoms with van der Waals surface area (Å²) in [6.45, 7) is 0.328. The number of nitrogens with zero attached hydrogens (tertiary/aromatic N) is 2. The van der Waals surface area contributed by atoms with Crippen LogP contribution in [-0.2, 0) is 24.1 Å². The Morgan fingerprint density at radius 3 is 2.67 bits per heavy atom.